The van der Waals surface area contributed by atoms with Gasteiger partial charge in [0.1, 0.15) is 0 Å². The molecule has 2 aromatic rings. The molecule has 0 aromatic carbocycles. The number of hydrogen-bond donors (Lipinski definition) is 1. The smallest absolute Gasteiger partial charge is 0.267 e. The maximum Gasteiger partial charge on any atom is 0.272 e. The summed E-state index contributed by atoms with van der Waals surface area (Å²) in [7, 11) is 0. The van der Waals surface area contributed by atoms with Crippen molar-refractivity contribution < 1.29 is 4.79 Å². The molecule has 2 heterocycles. The normalized spacial score (nSPS) is 11.1. The number of carbonyl (C=O) groups excluding carboxylic acids is 1. The maximum atomic E-state index is 11.9. The van der Waals surface area contributed by atoms with Crippen LogP contribution in [0, 0.1) is 20.8 Å². The van der Waals surface area contributed by atoms with E-state index in [-0.39, 0.29) is 5.91 Å². The Bertz CT molecular complexity index is 596. The van der Waals surface area contributed by atoms with E-state index in [0.29, 0.717) is 5.56 Å². The second-order valence-electron chi connectivity index (χ2n) is 4.00. The first-order valence-corrected chi connectivity index (χ1v) is 7.27. The second kappa shape index (κ2) is 5.46. The molecule has 0 unspecified atom stereocenters. The predicted molar refractivity (Wildman–Crippen MR) is 77.9 cm³/mol. The zero-order valence-electron chi connectivity index (χ0n) is 10.5. The predicted octanol–water partition coefficient (Wildman–Crippen LogP) is 3.50. The summed E-state index contributed by atoms with van der Waals surface area (Å²) in [4.78, 5) is 14.1. The van der Waals surface area contributed by atoms with Crippen molar-refractivity contribution in [2.24, 2.45) is 5.10 Å². The fraction of sp³-hybridized carbons (Fsp3) is 0.231. The molecule has 18 heavy (non-hydrogen) atoms. The van der Waals surface area contributed by atoms with Crippen LogP contribution in [0.15, 0.2) is 21.9 Å². The third-order valence-electron chi connectivity index (χ3n) is 2.78. The van der Waals surface area contributed by atoms with E-state index in [0.717, 1.165) is 10.4 Å². The van der Waals surface area contributed by atoms with Crippen LogP contribution in [0.1, 0.15) is 31.2 Å². The first-order valence-electron chi connectivity index (χ1n) is 5.51. The maximum absolute atomic E-state index is 11.9. The summed E-state index contributed by atoms with van der Waals surface area (Å²) < 4.78 is 0. The Kier molecular flexibility index (Phi) is 3.93. The minimum Gasteiger partial charge on any atom is -0.267 e. The molecule has 0 fully saturated rings. The molecule has 2 aromatic heterocycles. The minimum atomic E-state index is -0.151. The molecule has 0 atom stereocenters. The van der Waals surface area contributed by atoms with Crippen LogP contribution in [-0.4, -0.2) is 12.1 Å². The van der Waals surface area contributed by atoms with E-state index in [2.05, 4.69) is 10.5 Å². The summed E-state index contributed by atoms with van der Waals surface area (Å²) in [6, 6.07) is 2.03. The summed E-state index contributed by atoms with van der Waals surface area (Å²) in [5, 5.41) is 7.86. The Morgan fingerprint density at radius 1 is 1.33 bits per heavy atom. The van der Waals surface area contributed by atoms with Crippen molar-refractivity contribution >= 4 is 34.8 Å². The number of hydrazone groups is 1. The Labute approximate surface area is 114 Å². The second-order valence-corrected chi connectivity index (χ2v) is 6.03. The van der Waals surface area contributed by atoms with Crippen molar-refractivity contribution in [3.63, 3.8) is 0 Å². The Balaban J connectivity index is 2.03. The lowest BCUT2D eigenvalue weighted by Crippen LogP contribution is -2.17. The van der Waals surface area contributed by atoms with Crippen molar-refractivity contribution in [2.45, 2.75) is 20.8 Å². The van der Waals surface area contributed by atoms with Gasteiger partial charge in [-0.2, -0.15) is 5.10 Å². The molecule has 1 amide bonds. The van der Waals surface area contributed by atoms with Crippen molar-refractivity contribution in [2.75, 3.05) is 0 Å². The molecule has 5 heteroatoms. The molecule has 0 radical (unpaired) electrons. The number of nitrogens with one attached hydrogen (secondary N) is 1. The molecule has 3 nitrogen and oxygen atoms in total. The lowest BCUT2D eigenvalue weighted by molar-refractivity contribution is 0.0955. The van der Waals surface area contributed by atoms with Gasteiger partial charge in [0.25, 0.3) is 5.91 Å². The van der Waals surface area contributed by atoms with E-state index >= 15 is 0 Å². The topological polar surface area (TPSA) is 41.5 Å². The summed E-state index contributed by atoms with van der Waals surface area (Å²) >= 11 is 3.19. The van der Waals surface area contributed by atoms with Crippen LogP contribution in [0.25, 0.3) is 0 Å². The van der Waals surface area contributed by atoms with Gasteiger partial charge in [0.2, 0.25) is 0 Å². The summed E-state index contributed by atoms with van der Waals surface area (Å²) in [5.74, 6) is -0.151. The lowest BCUT2D eigenvalue weighted by atomic mass is 10.2. The van der Waals surface area contributed by atoms with Crippen LogP contribution in [0.4, 0.5) is 0 Å². The summed E-state index contributed by atoms with van der Waals surface area (Å²) in [6.45, 7) is 5.98. The molecule has 1 N–H and O–H groups in total. The number of hydrogen-bond acceptors (Lipinski definition) is 4. The Hall–Kier alpha value is -1.46. The quantitative estimate of drug-likeness (QED) is 0.677. The zero-order chi connectivity index (χ0) is 13.1. The van der Waals surface area contributed by atoms with Gasteiger partial charge in [0.05, 0.1) is 11.8 Å². The molecular weight excluding hydrogens is 264 g/mol. The van der Waals surface area contributed by atoms with Gasteiger partial charge in [-0.25, -0.2) is 5.43 Å². The highest BCUT2D eigenvalue weighted by Gasteiger charge is 2.11. The fourth-order valence-electron chi connectivity index (χ4n) is 1.46. The largest absolute Gasteiger partial charge is 0.272 e. The fourth-order valence-corrected chi connectivity index (χ4v) is 3.12. The zero-order valence-corrected chi connectivity index (χ0v) is 12.1. The molecule has 0 saturated heterocycles. The third-order valence-corrected chi connectivity index (χ3v) is 4.75. The third kappa shape index (κ3) is 2.68. The van der Waals surface area contributed by atoms with Crippen molar-refractivity contribution in [1.82, 2.24) is 5.43 Å². The SMILES string of the molecule is Cc1ccsc1C=NNC(=O)c1csc(C)c1C. The Morgan fingerprint density at radius 2 is 2.11 bits per heavy atom. The highest BCUT2D eigenvalue weighted by atomic mass is 32.1. The number of carbonyl (C=O) groups is 1. The number of thiophene rings is 2. The van der Waals surface area contributed by atoms with Gasteiger partial charge in [-0.05, 0) is 43.3 Å². The van der Waals surface area contributed by atoms with Gasteiger partial charge in [-0.1, -0.05) is 0 Å². The van der Waals surface area contributed by atoms with Crippen molar-refractivity contribution in [3.05, 3.63) is 43.3 Å². The molecule has 0 aliphatic heterocycles. The van der Waals surface area contributed by atoms with Crippen molar-refractivity contribution in [3.8, 4) is 0 Å². The van der Waals surface area contributed by atoms with Gasteiger partial charge in [-0.15, -0.1) is 22.7 Å². The van der Waals surface area contributed by atoms with Gasteiger partial charge in [0, 0.05) is 15.1 Å². The van der Waals surface area contributed by atoms with Crippen LogP contribution in [-0.2, 0) is 0 Å². The number of aryl methyl sites for hydroxylation is 2. The molecule has 94 valence electrons. The molecule has 0 aliphatic rings. The average molecular weight is 278 g/mol. The van der Waals surface area contributed by atoms with Crippen LogP contribution in [0.2, 0.25) is 0 Å². The van der Waals surface area contributed by atoms with E-state index in [1.165, 1.54) is 10.4 Å². The van der Waals surface area contributed by atoms with E-state index in [9.17, 15) is 4.79 Å². The molecule has 0 saturated carbocycles. The highest BCUT2D eigenvalue weighted by Crippen LogP contribution is 2.20. The number of nitrogens with zero attached hydrogens (tertiary/aromatic N) is 1. The monoisotopic (exact) mass is 278 g/mol. The van der Waals surface area contributed by atoms with Gasteiger partial charge < -0.3 is 0 Å². The first kappa shape index (κ1) is 13.0. The molecule has 0 aliphatic carbocycles. The first-order chi connectivity index (χ1) is 8.59. The van der Waals surface area contributed by atoms with Gasteiger partial charge >= 0.3 is 0 Å². The van der Waals surface area contributed by atoms with E-state index < -0.39 is 0 Å². The van der Waals surface area contributed by atoms with Gasteiger partial charge in [-0.3, -0.25) is 4.79 Å². The lowest BCUT2D eigenvalue weighted by Gasteiger charge is -1.98. The molecule has 0 spiro atoms. The highest BCUT2D eigenvalue weighted by molar-refractivity contribution is 7.12. The van der Waals surface area contributed by atoms with E-state index in [1.807, 2.05) is 37.6 Å². The van der Waals surface area contributed by atoms with Gasteiger partial charge in [0.15, 0.2) is 0 Å². The molecular formula is C13H14N2OS2. The molecule has 2 rings (SSSR count). The standard InChI is InChI=1S/C13H14N2OS2/c1-8-4-5-17-12(8)6-14-15-13(16)11-7-18-10(3)9(11)2/h4-7H,1-3H3,(H,15,16). The van der Waals surface area contributed by atoms with Crippen LogP contribution in [0.3, 0.4) is 0 Å². The van der Waals surface area contributed by atoms with E-state index in [4.69, 9.17) is 0 Å². The van der Waals surface area contributed by atoms with Crippen LogP contribution in [0.5, 0.6) is 0 Å². The summed E-state index contributed by atoms with van der Waals surface area (Å²) in [6.07, 6.45) is 1.69. The minimum absolute atomic E-state index is 0.151. The van der Waals surface area contributed by atoms with Crippen LogP contribution >= 0.6 is 22.7 Å². The van der Waals surface area contributed by atoms with E-state index in [1.54, 1.807) is 28.9 Å². The summed E-state index contributed by atoms with van der Waals surface area (Å²) in [5.41, 5.74) is 5.46. The van der Waals surface area contributed by atoms with Crippen LogP contribution < -0.4 is 5.43 Å². The average Bonchev–Trinajstić information content (AvgIpc) is 2.88. The number of amides is 1. The Morgan fingerprint density at radius 3 is 2.67 bits per heavy atom. The van der Waals surface area contributed by atoms with Crippen molar-refractivity contribution in [1.29, 1.82) is 0 Å². The molecule has 0 bridgehead atoms. The number of rotatable bonds is 3.